The molecule has 0 unspecified atom stereocenters. The number of halogens is 1. The van der Waals surface area contributed by atoms with Crippen molar-refractivity contribution in [2.45, 2.75) is 11.3 Å². The highest BCUT2D eigenvalue weighted by Crippen LogP contribution is 2.26. The van der Waals surface area contributed by atoms with E-state index in [-0.39, 0.29) is 22.9 Å². The van der Waals surface area contributed by atoms with Crippen molar-refractivity contribution in [1.82, 2.24) is 14.9 Å². The summed E-state index contributed by atoms with van der Waals surface area (Å²) in [5.41, 5.74) is -0.474. The molecule has 11 heteroatoms. The molecular formula is C10H9ClN4O5S. The first-order chi connectivity index (χ1) is 9.90. The van der Waals surface area contributed by atoms with E-state index in [0.29, 0.717) is 5.82 Å². The normalized spacial score (nSPS) is 11.5. The van der Waals surface area contributed by atoms with Crippen molar-refractivity contribution >= 4 is 27.3 Å². The average molecular weight is 333 g/mol. The minimum Gasteiger partial charge on any atom is -0.343 e. The lowest BCUT2D eigenvalue weighted by molar-refractivity contribution is -0.384. The van der Waals surface area contributed by atoms with E-state index in [0.717, 1.165) is 18.5 Å². The van der Waals surface area contributed by atoms with Gasteiger partial charge in [-0.05, 0) is 12.1 Å². The van der Waals surface area contributed by atoms with E-state index in [2.05, 4.69) is 19.4 Å². The van der Waals surface area contributed by atoms with Gasteiger partial charge in [0, 0.05) is 19.0 Å². The van der Waals surface area contributed by atoms with Crippen LogP contribution in [0.25, 0.3) is 0 Å². The summed E-state index contributed by atoms with van der Waals surface area (Å²) in [6.45, 7) is 0.0261. The number of aromatic nitrogens is 2. The molecule has 1 aromatic heterocycles. The fourth-order valence-electron chi connectivity index (χ4n) is 1.48. The molecule has 9 nitrogen and oxygen atoms in total. The minimum absolute atomic E-state index is 0.0261. The van der Waals surface area contributed by atoms with Gasteiger partial charge in [-0.15, -0.1) is 0 Å². The van der Waals surface area contributed by atoms with Crippen LogP contribution < -0.4 is 4.72 Å². The Hall–Kier alpha value is -2.04. The average Bonchev–Trinajstić information content (AvgIpc) is 2.91. The molecule has 2 aromatic rings. The second-order valence-electron chi connectivity index (χ2n) is 3.87. The smallest absolute Gasteiger partial charge is 0.289 e. The van der Waals surface area contributed by atoms with E-state index < -0.39 is 20.6 Å². The van der Waals surface area contributed by atoms with Gasteiger partial charge in [-0.3, -0.25) is 10.1 Å². The van der Waals surface area contributed by atoms with Crippen LogP contribution in [-0.2, 0) is 16.4 Å². The number of nitrogens with one attached hydrogen (secondary N) is 1. The van der Waals surface area contributed by atoms with E-state index in [1.807, 2.05) is 0 Å². The molecule has 0 radical (unpaired) electrons. The molecule has 0 fully saturated rings. The Morgan fingerprint density at radius 2 is 2.19 bits per heavy atom. The molecule has 21 heavy (non-hydrogen) atoms. The number of hydrogen-bond donors (Lipinski definition) is 1. The van der Waals surface area contributed by atoms with Gasteiger partial charge in [0.2, 0.25) is 16.4 Å². The van der Waals surface area contributed by atoms with Crippen LogP contribution in [0.3, 0.4) is 0 Å². The summed E-state index contributed by atoms with van der Waals surface area (Å²) in [5.74, 6) is 0.347. The third-order valence-corrected chi connectivity index (χ3v) is 4.25. The lowest BCUT2D eigenvalue weighted by atomic mass is 10.3. The number of benzene rings is 1. The lowest BCUT2D eigenvalue weighted by Gasteiger charge is -2.06. The van der Waals surface area contributed by atoms with Gasteiger partial charge in [0.25, 0.3) is 5.69 Å². The van der Waals surface area contributed by atoms with Gasteiger partial charge in [0.1, 0.15) is 5.02 Å². The van der Waals surface area contributed by atoms with Gasteiger partial charge in [0.15, 0.2) is 5.82 Å². The molecular weight excluding hydrogens is 324 g/mol. The van der Waals surface area contributed by atoms with Crippen LogP contribution in [0.2, 0.25) is 5.02 Å². The molecule has 0 saturated carbocycles. The van der Waals surface area contributed by atoms with Gasteiger partial charge >= 0.3 is 0 Å². The molecule has 0 aliphatic carbocycles. The Labute approximate surface area is 124 Å². The van der Waals surface area contributed by atoms with Gasteiger partial charge < -0.3 is 4.52 Å². The van der Waals surface area contributed by atoms with Crippen molar-refractivity contribution in [3.05, 3.63) is 45.6 Å². The highest BCUT2D eigenvalue weighted by Gasteiger charge is 2.20. The molecule has 0 bridgehead atoms. The molecule has 0 spiro atoms. The van der Waals surface area contributed by atoms with Gasteiger partial charge in [-0.2, -0.15) is 4.98 Å². The van der Waals surface area contributed by atoms with Crippen LogP contribution in [-0.4, -0.2) is 30.0 Å². The van der Waals surface area contributed by atoms with Crippen molar-refractivity contribution in [3.63, 3.8) is 0 Å². The zero-order valence-corrected chi connectivity index (χ0v) is 12.0. The maximum Gasteiger partial charge on any atom is 0.289 e. The summed E-state index contributed by atoms with van der Waals surface area (Å²) in [6.07, 6.45) is 1.36. The maximum absolute atomic E-state index is 12.0. The fraction of sp³-hybridized carbons (Fsp3) is 0.200. The summed E-state index contributed by atoms with van der Waals surface area (Å²) < 4.78 is 30.8. The second kappa shape index (κ2) is 6.16. The van der Waals surface area contributed by atoms with Crippen LogP contribution >= 0.6 is 11.6 Å². The maximum atomic E-state index is 12.0. The van der Waals surface area contributed by atoms with Gasteiger partial charge in [-0.1, -0.05) is 16.8 Å². The van der Waals surface area contributed by atoms with Crippen LogP contribution in [0.4, 0.5) is 5.69 Å². The van der Waals surface area contributed by atoms with Crippen molar-refractivity contribution in [2.75, 3.05) is 6.54 Å². The molecule has 0 aliphatic heterocycles. The summed E-state index contributed by atoms with van der Waals surface area (Å²) >= 11 is 5.63. The zero-order valence-electron chi connectivity index (χ0n) is 10.4. The Balaban J connectivity index is 2.12. The highest BCUT2D eigenvalue weighted by molar-refractivity contribution is 7.89. The molecule has 1 aromatic carbocycles. The summed E-state index contributed by atoms with van der Waals surface area (Å²) in [4.78, 5) is 13.5. The molecule has 0 amide bonds. The van der Waals surface area contributed by atoms with E-state index >= 15 is 0 Å². The van der Waals surface area contributed by atoms with E-state index in [1.54, 1.807) is 0 Å². The Bertz CT molecular complexity index is 747. The van der Waals surface area contributed by atoms with Crippen LogP contribution in [0.1, 0.15) is 5.82 Å². The molecule has 1 N–H and O–H groups in total. The van der Waals surface area contributed by atoms with Crippen molar-refractivity contribution in [3.8, 4) is 0 Å². The van der Waals surface area contributed by atoms with Crippen molar-refractivity contribution in [1.29, 1.82) is 0 Å². The highest BCUT2D eigenvalue weighted by atomic mass is 35.5. The van der Waals surface area contributed by atoms with E-state index in [4.69, 9.17) is 11.6 Å². The Morgan fingerprint density at radius 1 is 1.43 bits per heavy atom. The zero-order chi connectivity index (χ0) is 15.5. The van der Waals surface area contributed by atoms with Gasteiger partial charge in [-0.25, -0.2) is 13.1 Å². The second-order valence-corrected chi connectivity index (χ2v) is 6.04. The SMILES string of the molecule is O=[N+]([O-])c1cc(S(=O)(=O)NCCc2ncon2)ccc1Cl. The molecule has 2 rings (SSSR count). The third-order valence-electron chi connectivity index (χ3n) is 2.47. The topological polar surface area (TPSA) is 128 Å². The summed E-state index contributed by atoms with van der Waals surface area (Å²) in [7, 11) is -3.89. The van der Waals surface area contributed by atoms with Crippen LogP contribution in [0.5, 0.6) is 0 Å². The fourth-order valence-corrected chi connectivity index (χ4v) is 2.72. The van der Waals surface area contributed by atoms with E-state index in [9.17, 15) is 18.5 Å². The molecule has 0 aliphatic rings. The Morgan fingerprint density at radius 3 is 2.81 bits per heavy atom. The number of nitrogens with zero attached hydrogens (tertiary/aromatic N) is 3. The number of nitro benzene ring substituents is 1. The first kappa shape index (κ1) is 15.4. The van der Waals surface area contributed by atoms with Crippen molar-refractivity contribution < 1.29 is 17.9 Å². The van der Waals surface area contributed by atoms with E-state index in [1.165, 1.54) is 6.07 Å². The number of sulfonamides is 1. The number of rotatable bonds is 6. The molecule has 112 valence electrons. The predicted molar refractivity (Wildman–Crippen MR) is 71.3 cm³/mol. The largest absolute Gasteiger partial charge is 0.343 e. The monoisotopic (exact) mass is 332 g/mol. The standard InChI is InChI=1S/C10H9ClN4O5S/c11-8-2-1-7(5-9(8)15(16)17)21(18,19)13-4-3-10-12-6-20-14-10/h1-2,5-6,13H,3-4H2. The first-order valence-corrected chi connectivity index (χ1v) is 7.45. The van der Waals surface area contributed by atoms with Crippen LogP contribution in [0, 0.1) is 10.1 Å². The minimum atomic E-state index is -3.89. The number of nitro groups is 1. The molecule has 0 atom stereocenters. The summed E-state index contributed by atoms with van der Waals surface area (Å²) in [6, 6.07) is 3.25. The van der Waals surface area contributed by atoms with Gasteiger partial charge in [0.05, 0.1) is 9.82 Å². The molecule has 1 heterocycles. The van der Waals surface area contributed by atoms with Crippen LogP contribution in [0.15, 0.2) is 34.0 Å². The van der Waals surface area contributed by atoms with Crippen molar-refractivity contribution in [2.24, 2.45) is 0 Å². The third kappa shape index (κ3) is 3.74. The quantitative estimate of drug-likeness (QED) is 0.620. The number of hydrogen-bond acceptors (Lipinski definition) is 7. The first-order valence-electron chi connectivity index (χ1n) is 5.59. The lowest BCUT2D eigenvalue weighted by Crippen LogP contribution is -2.26. The Kier molecular flexibility index (Phi) is 4.50. The predicted octanol–water partition coefficient (Wildman–Crippen LogP) is 1.15. The summed E-state index contributed by atoms with van der Waals surface area (Å²) in [5, 5.41) is 14.1. The molecule has 0 saturated heterocycles.